The fourth-order valence-electron chi connectivity index (χ4n) is 2.74. The van der Waals surface area contributed by atoms with Crippen molar-refractivity contribution >= 4 is 23.7 Å². The summed E-state index contributed by atoms with van der Waals surface area (Å²) in [6.45, 7) is 3.91. The minimum Gasteiger partial charge on any atom is -0.335 e. The first-order chi connectivity index (χ1) is 11.1. The van der Waals surface area contributed by atoms with Crippen LogP contribution in [0.15, 0.2) is 24.3 Å². The van der Waals surface area contributed by atoms with Gasteiger partial charge in [-0.3, -0.25) is 10.1 Å². The van der Waals surface area contributed by atoms with Crippen LogP contribution in [-0.4, -0.2) is 23.2 Å². The zero-order chi connectivity index (χ0) is 16.7. The Morgan fingerprint density at radius 2 is 1.91 bits per heavy atom. The van der Waals surface area contributed by atoms with Crippen molar-refractivity contribution in [2.75, 3.05) is 0 Å². The second kappa shape index (κ2) is 8.96. The number of hydrogen-bond acceptors (Lipinski definition) is 3. The maximum Gasteiger partial charge on any atom is 0.321 e. The van der Waals surface area contributed by atoms with Crippen LogP contribution in [0.3, 0.4) is 0 Å². The Hall–Kier alpha value is -1.49. The molecule has 1 aliphatic rings. The SMILES string of the molecule is Cc1ccccc1CSC(C)C(=O)NC(=O)NC1CCCCC1. The number of carbonyl (C=O) groups is 2. The van der Waals surface area contributed by atoms with Crippen LogP contribution in [-0.2, 0) is 10.5 Å². The van der Waals surface area contributed by atoms with Crippen LogP contribution < -0.4 is 10.6 Å². The molecule has 0 spiro atoms. The molecule has 0 aromatic heterocycles. The van der Waals surface area contributed by atoms with Gasteiger partial charge in [-0.1, -0.05) is 43.5 Å². The van der Waals surface area contributed by atoms with Crippen LogP contribution in [0.25, 0.3) is 0 Å². The smallest absolute Gasteiger partial charge is 0.321 e. The number of imide groups is 1. The van der Waals surface area contributed by atoms with Gasteiger partial charge in [0.25, 0.3) is 0 Å². The molecular formula is C18H26N2O2S. The topological polar surface area (TPSA) is 58.2 Å². The molecule has 0 bridgehead atoms. The largest absolute Gasteiger partial charge is 0.335 e. The highest BCUT2D eigenvalue weighted by Crippen LogP contribution is 2.20. The molecule has 1 aliphatic carbocycles. The summed E-state index contributed by atoms with van der Waals surface area (Å²) in [5.41, 5.74) is 2.45. The molecule has 1 saturated carbocycles. The lowest BCUT2D eigenvalue weighted by Gasteiger charge is -2.23. The normalized spacial score (nSPS) is 16.6. The summed E-state index contributed by atoms with van der Waals surface area (Å²) in [4.78, 5) is 24.0. The van der Waals surface area contributed by atoms with Crippen molar-refractivity contribution in [3.8, 4) is 0 Å². The maximum absolute atomic E-state index is 12.1. The zero-order valence-corrected chi connectivity index (χ0v) is 14.7. The Balaban J connectivity index is 1.73. The molecule has 0 radical (unpaired) electrons. The molecule has 0 heterocycles. The van der Waals surface area contributed by atoms with E-state index in [0.717, 1.165) is 31.4 Å². The van der Waals surface area contributed by atoms with Crippen LogP contribution >= 0.6 is 11.8 Å². The third-order valence-corrected chi connectivity index (χ3v) is 5.49. The van der Waals surface area contributed by atoms with E-state index in [0.29, 0.717) is 0 Å². The molecule has 126 valence electrons. The molecule has 4 nitrogen and oxygen atoms in total. The van der Waals surface area contributed by atoms with Gasteiger partial charge in [-0.25, -0.2) is 4.79 Å². The van der Waals surface area contributed by atoms with E-state index in [1.165, 1.54) is 17.5 Å². The van der Waals surface area contributed by atoms with Crippen molar-refractivity contribution in [1.82, 2.24) is 10.6 Å². The molecular weight excluding hydrogens is 308 g/mol. The van der Waals surface area contributed by atoms with Crippen molar-refractivity contribution in [1.29, 1.82) is 0 Å². The van der Waals surface area contributed by atoms with Gasteiger partial charge in [-0.15, -0.1) is 11.8 Å². The van der Waals surface area contributed by atoms with Gasteiger partial charge >= 0.3 is 6.03 Å². The minimum atomic E-state index is -0.356. The van der Waals surface area contributed by atoms with E-state index in [9.17, 15) is 9.59 Å². The fourth-order valence-corrected chi connectivity index (χ4v) is 3.71. The van der Waals surface area contributed by atoms with Gasteiger partial charge in [0, 0.05) is 11.8 Å². The summed E-state index contributed by atoms with van der Waals surface area (Å²) < 4.78 is 0. The summed E-state index contributed by atoms with van der Waals surface area (Å²) in [6, 6.07) is 8.01. The lowest BCUT2D eigenvalue weighted by atomic mass is 9.96. The quantitative estimate of drug-likeness (QED) is 0.861. The lowest BCUT2D eigenvalue weighted by Crippen LogP contribution is -2.47. The first-order valence-corrected chi connectivity index (χ1v) is 9.38. The van der Waals surface area contributed by atoms with Crippen molar-refractivity contribution in [3.63, 3.8) is 0 Å². The number of aryl methyl sites for hydroxylation is 1. The molecule has 1 unspecified atom stereocenters. The van der Waals surface area contributed by atoms with Gasteiger partial charge in [-0.05, 0) is 37.8 Å². The van der Waals surface area contributed by atoms with Gasteiger partial charge in [0.05, 0.1) is 5.25 Å². The second-order valence-electron chi connectivity index (χ2n) is 6.18. The number of benzene rings is 1. The Morgan fingerprint density at radius 3 is 2.61 bits per heavy atom. The maximum atomic E-state index is 12.1. The molecule has 3 amide bonds. The van der Waals surface area contributed by atoms with Gasteiger partial charge in [-0.2, -0.15) is 0 Å². The average Bonchev–Trinajstić information content (AvgIpc) is 2.54. The van der Waals surface area contributed by atoms with Gasteiger partial charge in [0.1, 0.15) is 0 Å². The summed E-state index contributed by atoms with van der Waals surface area (Å²) in [5, 5.41) is 5.12. The Morgan fingerprint density at radius 1 is 1.22 bits per heavy atom. The van der Waals surface area contributed by atoms with Crippen molar-refractivity contribution in [2.24, 2.45) is 0 Å². The van der Waals surface area contributed by atoms with E-state index >= 15 is 0 Å². The monoisotopic (exact) mass is 334 g/mol. The van der Waals surface area contributed by atoms with E-state index in [1.807, 2.05) is 19.1 Å². The van der Waals surface area contributed by atoms with E-state index in [4.69, 9.17) is 0 Å². The first kappa shape index (κ1) is 17.9. The van der Waals surface area contributed by atoms with Crippen LogP contribution in [0.5, 0.6) is 0 Å². The Bertz CT molecular complexity index is 542. The molecule has 1 aromatic carbocycles. The Kier molecular flexibility index (Phi) is 6.96. The molecule has 1 fully saturated rings. The standard InChI is InChI=1S/C18H26N2O2S/c1-13-8-6-7-9-15(13)12-23-14(2)17(21)20-18(22)19-16-10-4-3-5-11-16/h6-9,14,16H,3-5,10-12H2,1-2H3,(H2,19,20,21,22). The summed E-state index contributed by atoms with van der Waals surface area (Å²) in [5.74, 6) is 0.544. The number of urea groups is 1. The van der Waals surface area contributed by atoms with E-state index in [2.05, 4.69) is 29.7 Å². The van der Waals surface area contributed by atoms with Crippen molar-refractivity contribution < 1.29 is 9.59 Å². The molecule has 1 atom stereocenters. The fraction of sp³-hybridized carbons (Fsp3) is 0.556. The number of nitrogens with one attached hydrogen (secondary N) is 2. The van der Waals surface area contributed by atoms with Gasteiger partial charge < -0.3 is 5.32 Å². The minimum absolute atomic E-state index is 0.214. The van der Waals surface area contributed by atoms with Gasteiger partial charge in [0.15, 0.2) is 0 Å². The highest BCUT2D eigenvalue weighted by molar-refractivity contribution is 7.99. The molecule has 0 aliphatic heterocycles. The molecule has 23 heavy (non-hydrogen) atoms. The molecule has 2 rings (SSSR count). The van der Waals surface area contributed by atoms with Gasteiger partial charge in [0.2, 0.25) is 5.91 Å². The predicted octanol–water partition coefficient (Wildman–Crippen LogP) is 3.78. The molecule has 0 saturated heterocycles. The van der Waals surface area contributed by atoms with E-state index in [-0.39, 0.29) is 23.2 Å². The zero-order valence-electron chi connectivity index (χ0n) is 13.9. The molecule has 1 aromatic rings. The predicted molar refractivity (Wildman–Crippen MR) is 95.5 cm³/mol. The summed E-state index contributed by atoms with van der Waals surface area (Å²) in [7, 11) is 0. The number of amides is 3. The lowest BCUT2D eigenvalue weighted by molar-refractivity contribution is -0.119. The third kappa shape index (κ3) is 5.90. The number of hydrogen-bond donors (Lipinski definition) is 2. The third-order valence-electron chi connectivity index (χ3n) is 4.30. The highest BCUT2D eigenvalue weighted by atomic mass is 32.2. The molecule has 2 N–H and O–H groups in total. The number of rotatable bonds is 5. The van der Waals surface area contributed by atoms with Crippen LogP contribution in [0.4, 0.5) is 4.79 Å². The second-order valence-corrected chi connectivity index (χ2v) is 7.51. The number of thioether (sulfide) groups is 1. The van der Waals surface area contributed by atoms with Crippen LogP contribution in [0.2, 0.25) is 0 Å². The summed E-state index contributed by atoms with van der Waals surface area (Å²) >= 11 is 1.55. The average molecular weight is 334 g/mol. The van der Waals surface area contributed by atoms with E-state index < -0.39 is 0 Å². The Labute approximate surface area is 142 Å². The highest BCUT2D eigenvalue weighted by Gasteiger charge is 2.20. The van der Waals surface area contributed by atoms with Crippen molar-refractivity contribution in [3.05, 3.63) is 35.4 Å². The van der Waals surface area contributed by atoms with Crippen LogP contribution in [0, 0.1) is 6.92 Å². The van der Waals surface area contributed by atoms with Crippen molar-refractivity contribution in [2.45, 2.75) is 63.0 Å². The molecule has 5 heteroatoms. The van der Waals surface area contributed by atoms with E-state index in [1.54, 1.807) is 11.8 Å². The van der Waals surface area contributed by atoms with Crippen LogP contribution in [0.1, 0.15) is 50.2 Å². The first-order valence-electron chi connectivity index (χ1n) is 8.33. The summed E-state index contributed by atoms with van der Waals surface area (Å²) in [6.07, 6.45) is 5.58. The number of carbonyl (C=O) groups excluding carboxylic acids is 2.